The van der Waals surface area contributed by atoms with Gasteiger partial charge in [0.05, 0.1) is 0 Å². The fourth-order valence-corrected chi connectivity index (χ4v) is 2.45. The highest BCUT2D eigenvalue weighted by Crippen LogP contribution is 2.36. The summed E-state index contributed by atoms with van der Waals surface area (Å²) >= 11 is 0. The van der Waals surface area contributed by atoms with E-state index in [0.29, 0.717) is 0 Å². The lowest BCUT2D eigenvalue weighted by Gasteiger charge is -2.01. The molecule has 0 saturated carbocycles. The lowest BCUT2D eigenvalue weighted by molar-refractivity contribution is -0.113. The average Bonchev–Trinajstić information content (AvgIpc) is 2.73. The second kappa shape index (κ2) is 4.15. The first kappa shape index (κ1) is 10.8. The molecule has 0 fully saturated rings. The zero-order valence-electron chi connectivity index (χ0n) is 9.89. The van der Waals surface area contributed by atoms with Crippen LogP contribution in [0, 0.1) is 0 Å². The van der Waals surface area contributed by atoms with Crippen LogP contribution in [0.25, 0.3) is 17.2 Å². The number of benzene rings is 2. The molecule has 1 aliphatic carbocycles. The molecule has 0 radical (unpaired) electrons. The molecule has 0 saturated heterocycles. The monoisotopic (exact) mass is 235 g/mol. The molecule has 0 atom stereocenters. The first-order valence-electron chi connectivity index (χ1n) is 5.93. The molecule has 0 bridgehead atoms. The fraction of sp³-hybridized carbons (Fsp3) is 0.0625. The Morgan fingerprint density at radius 2 is 1.83 bits per heavy atom. The molecule has 0 aliphatic heterocycles. The van der Waals surface area contributed by atoms with Gasteiger partial charge < -0.3 is 5.73 Å². The number of amides is 1. The third kappa shape index (κ3) is 1.82. The van der Waals surface area contributed by atoms with Crippen LogP contribution in [0.5, 0.6) is 0 Å². The van der Waals surface area contributed by atoms with Crippen LogP contribution in [0.2, 0.25) is 0 Å². The van der Waals surface area contributed by atoms with Crippen LogP contribution in [0.4, 0.5) is 0 Å². The Kier molecular flexibility index (Phi) is 2.49. The molecule has 3 rings (SSSR count). The molecular weight excluding hydrogens is 222 g/mol. The van der Waals surface area contributed by atoms with Crippen LogP contribution in [0.1, 0.15) is 16.7 Å². The summed E-state index contributed by atoms with van der Waals surface area (Å²) < 4.78 is 0. The maximum absolute atomic E-state index is 10.7. The van der Waals surface area contributed by atoms with Crippen molar-refractivity contribution >= 4 is 12.0 Å². The number of primary amides is 1. The van der Waals surface area contributed by atoms with Crippen molar-refractivity contribution in [1.29, 1.82) is 0 Å². The second-order valence-electron chi connectivity index (χ2n) is 4.49. The first-order chi connectivity index (χ1) is 8.74. The number of hydrogen-bond donors (Lipinski definition) is 1. The Hall–Kier alpha value is -2.35. The van der Waals surface area contributed by atoms with Crippen molar-refractivity contribution < 1.29 is 4.79 Å². The quantitative estimate of drug-likeness (QED) is 0.682. The van der Waals surface area contributed by atoms with Crippen molar-refractivity contribution in [3.8, 4) is 11.1 Å². The summed E-state index contributed by atoms with van der Waals surface area (Å²) in [5.74, 6) is -0.418. The predicted molar refractivity (Wildman–Crippen MR) is 72.9 cm³/mol. The summed E-state index contributed by atoms with van der Waals surface area (Å²) in [7, 11) is 0. The Balaban J connectivity index is 2.01. The van der Waals surface area contributed by atoms with Crippen molar-refractivity contribution in [2.24, 2.45) is 5.73 Å². The highest BCUT2D eigenvalue weighted by molar-refractivity contribution is 5.90. The Bertz CT molecular complexity index is 656. The molecule has 2 N–H and O–H groups in total. The van der Waals surface area contributed by atoms with E-state index in [-0.39, 0.29) is 0 Å². The van der Waals surface area contributed by atoms with E-state index in [9.17, 15) is 4.79 Å². The molecule has 2 aromatic carbocycles. The number of carbonyl (C=O) groups is 1. The minimum atomic E-state index is -0.418. The standard InChI is InChI=1S/C16H13NO/c17-16(18)8-6-11-5-7-15-13(9-11)10-12-3-1-2-4-14(12)15/h1-9H,10H2,(H2,17,18). The van der Waals surface area contributed by atoms with Gasteiger partial charge in [-0.05, 0) is 40.3 Å². The van der Waals surface area contributed by atoms with Crippen LogP contribution in [0.15, 0.2) is 48.5 Å². The minimum absolute atomic E-state index is 0.418. The van der Waals surface area contributed by atoms with Crippen LogP contribution in [0.3, 0.4) is 0 Å². The fourth-order valence-electron chi connectivity index (χ4n) is 2.45. The Morgan fingerprint density at radius 1 is 1.06 bits per heavy atom. The number of fused-ring (bicyclic) bond motifs is 3. The number of rotatable bonds is 2. The second-order valence-corrected chi connectivity index (χ2v) is 4.49. The summed E-state index contributed by atoms with van der Waals surface area (Å²) in [6.07, 6.45) is 4.11. The SMILES string of the molecule is NC(=O)C=Cc1ccc2c(c1)Cc1ccccc1-2. The minimum Gasteiger partial charge on any atom is -0.366 e. The van der Waals surface area contributed by atoms with E-state index >= 15 is 0 Å². The maximum Gasteiger partial charge on any atom is 0.241 e. The number of carbonyl (C=O) groups excluding carboxylic acids is 1. The molecule has 0 unspecified atom stereocenters. The lowest BCUT2D eigenvalue weighted by Crippen LogP contribution is -2.05. The van der Waals surface area contributed by atoms with Crippen molar-refractivity contribution in [2.75, 3.05) is 0 Å². The molecule has 0 heterocycles. The van der Waals surface area contributed by atoms with Gasteiger partial charge in [-0.25, -0.2) is 0 Å². The van der Waals surface area contributed by atoms with Crippen LogP contribution < -0.4 is 5.73 Å². The topological polar surface area (TPSA) is 43.1 Å². The van der Waals surface area contributed by atoms with E-state index in [1.807, 2.05) is 6.07 Å². The Labute approximate surface area is 106 Å². The molecule has 2 heteroatoms. The van der Waals surface area contributed by atoms with Crippen LogP contribution >= 0.6 is 0 Å². The third-order valence-corrected chi connectivity index (χ3v) is 3.26. The molecule has 0 aromatic heterocycles. The summed E-state index contributed by atoms with van der Waals surface area (Å²) in [6, 6.07) is 14.7. The van der Waals surface area contributed by atoms with Gasteiger partial charge in [-0.3, -0.25) is 4.79 Å². The summed E-state index contributed by atoms with van der Waals surface area (Å²) in [5, 5.41) is 0. The van der Waals surface area contributed by atoms with Crippen molar-refractivity contribution in [1.82, 2.24) is 0 Å². The van der Waals surface area contributed by atoms with Gasteiger partial charge in [0.2, 0.25) is 5.91 Å². The van der Waals surface area contributed by atoms with Gasteiger partial charge in [0, 0.05) is 6.08 Å². The number of hydrogen-bond acceptors (Lipinski definition) is 1. The first-order valence-corrected chi connectivity index (χ1v) is 5.93. The zero-order chi connectivity index (χ0) is 12.5. The summed E-state index contributed by atoms with van der Waals surface area (Å²) in [4.78, 5) is 10.7. The van der Waals surface area contributed by atoms with Crippen LogP contribution in [-0.2, 0) is 11.2 Å². The molecule has 88 valence electrons. The smallest absolute Gasteiger partial charge is 0.241 e. The predicted octanol–water partition coefficient (Wildman–Crippen LogP) is 2.76. The normalized spacial score (nSPS) is 12.4. The van der Waals surface area contributed by atoms with Crippen LogP contribution in [-0.4, -0.2) is 5.91 Å². The third-order valence-electron chi connectivity index (χ3n) is 3.26. The van der Waals surface area contributed by atoms with Crippen molar-refractivity contribution in [2.45, 2.75) is 6.42 Å². The van der Waals surface area contributed by atoms with E-state index in [2.05, 4.69) is 36.4 Å². The van der Waals surface area contributed by atoms with E-state index in [4.69, 9.17) is 5.73 Å². The maximum atomic E-state index is 10.7. The highest BCUT2D eigenvalue weighted by Gasteiger charge is 2.17. The van der Waals surface area contributed by atoms with Gasteiger partial charge in [-0.1, -0.05) is 42.5 Å². The molecule has 1 aliphatic rings. The highest BCUT2D eigenvalue weighted by atomic mass is 16.1. The van der Waals surface area contributed by atoms with Gasteiger partial charge in [-0.2, -0.15) is 0 Å². The van der Waals surface area contributed by atoms with Crippen molar-refractivity contribution in [3.05, 3.63) is 65.2 Å². The van der Waals surface area contributed by atoms with Gasteiger partial charge >= 0.3 is 0 Å². The molecular formula is C16H13NO. The lowest BCUT2D eigenvalue weighted by atomic mass is 10.0. The van der Waals surface area contributed by atoms with E-state index < -0.39 is 5.91 Å². The van der Waals surface area contributed by atoms with Gasteiger partial charge in [0.15, 0.2) is 0 Å². The summed E-state index contributed by atoms with van der Waals surface area (Å²) in [6.45, 7) is 0. The van der Waals surface area contributed by atoms with Crippen molar-refractivity contribution in [3.63, 3.8) is 0 Å². The molecule has 18 heavy (non-hydrogen) atoms. The average molecular weight is 235 g/mol. The number of nitrogens with two attached hydrogens (primary N) is 1. The molecule has 2 nitrogen and oxygen atoms in total. The Morgan fingerprint density at radius 3 is 2.67 bits per heavy atom. The molecule has 2 aromatic rings. The van der Waals surface area contributed by atoms with E-state index in [1.54, 1.807) is 6.08 Å². The largest absolute Gasteiger partial charge is 0.366 e. The van der Waals surface area contributed by atoms with E-state index in [0.717, 1.165) is 12.0 Å². The zero-order valence-corrected chi connectivity index (χ0v) is 9.89. The summed E-state index contributed by atoms with van der Waals surface area (Å²) in [5.41, 5.74) is 11.4. The van der Waals surface area contributed by atoms with Gasteiger partial charge in [-0.15, -0.1) is 0 Å². The van der Waals surface area contributed by atoms with Gasteiger partial charge in [0.25, 0.3) is 0 Å². The van der Waals surface area contributed by atoms with E-state index in [1.165, 1.54) is 28.3 Å². The molecule has 1 amide bonds. The molecule has 0 spiro atoms. The van der Waals surface area contributed by atoms with Gasteiger partial charge in [0.1, 0.15) is 0 Å².